The van der Waals surface area contributed by atoms with Crippen molar-refractivity contribution in [1.29, 1.82) is 0 Å². The van der Waals surface area contributed by atoms with Gasteiger partial charge < -0.3 is 5.32 Å². The summed E-state index contributed by atoms with van der Waals surface area (Å²) in [5.41, 5.74) is 0. The number of hydrogen-bond acceptors (Lipinski definition) is 2. The van der Waals surface area contributed by atoms with E-state index in [0.717, 1.165) is 5.92 Å². The Hall–Kier alpha value is 0.310. The molecule has 0 saturated heterocycles. The monoisotopic (exact) mass is 231 g/mol. The molecule has 0 aliphatic heterocycles. The zero-order valence-corrected chi connectivity index (χ0v) is 11.8. The topological polar surface area (TPSA) is 12.0 Å². The number of thioether (sulfide) groups is 1. The highest BCUT2D eigenvalue weighted by Crippen LogP contribution is 2.15. The van der Waals surface area contributed by atoms with Crippen LogP contribution in [0.5, 0.6) is 0 Å². The van der Waals surface area contributed by atoms with Crippen molar-refractivity contribution in [3.05, 3.63) is 0 Å². The average molecular weight is 231 g/mol. The standard InChI is InChI=1S/C13H29NS/c1-5-8-13(11-14-12(3)4)9-7-10-15-6-2/h12-14H,5-11H2,1-4H3. The van der Waals surface area contributed by atoms with Crippen LogP contribution < -0.4 is 5.32 Å². The first kappa shape index (κ1) is 15.3. The van der Waals surface area contributed by atoms with E-state index in [2.05, 4.69) is 44.8 Å². The van der Waals surface area contributed by atoms with Crippen LogP contribution in [0.25, 0.3) is 0 Å². The van der Waals surface area contributed by atoms with Gasteiger partial charge in [0.2, 0.25) is 0 Å². The van der Waals surface area contributed by atoms with Crippen molar-refractivity contribution in [2.24, 2.45) is 5.92 Å². The van der Waals surface area contributed by atoms with Crippen LogP contribution in [0, 0.1) is 5.92 Å². The maximum Gasteiger partial charge on any atom is 0.00104 e. The highest BCUT2D eigenvalue weighted by Gasteiger charge is 2.07. The molecule has 1 unspecified atom stereocenters. The van der Waals surface area contributed by atoms with Gasteiger partial charge in [-0.15, -0.1) is 0 Å². The first-order valence-electron chi connectivity index (χ1n) is 6.51. The van der Waals surface area contributed by atoms with Crippen LogP contribution in [0.15, 0.2) is 0 Å². The van der Waals surface area contributed by atoms with Crippen molar-refractivity contribution in [1.82, 2.24) is 5.32 Å². The molecule has 0 amide bonds. The molecule has 0 aliphatic rings. The zero-order valence-electron chi connectivity index (χ0n) is 11.0. The Kier molecular flexibility index (Phi) is 11.0. The predicted molar refractivity (Wildman–Crippen MR) is 73.8 cm³/mol. The third-order valence-electron chi connectivity index (χ3n) is 2.62. The second-order valence-electron chi connectivity index (χ2n) is 4.56. The van der Waals surface area contributed by atoms with E-state index in [0.29, 0.717) is 6.04 Å². The fraction of sp³-hybridized carbons (Fsp3) is 1.00. The molecule has 92 valence electrons. The molecular formula is C13H29NS. The average Bonchev–Trinajstić information content (AvgIpc) is 2.20. The van der Waals surface area contributed by atoms with E-state index in [1.807, 2.05) is 0 Å². The second kappa shape index (κ2) is 10.8. The van der Waals surface area contributed by atoms with Crippen LogP contribution in [0.1, 0.15) is 53.4 Å². The summed E-state index contributed by atoms with van der Waals surface area (Å²) in [6.07, 6.45) is 5.51. The van der Waals surface area contributed by atoms with Gasteiger partial charge >= 0.3 is 0 Å². The van der Waals surface area contributed by atoms with Crippen molar-refractivity contribution in [3.63, 3.8) is 0 Å². The van der Waals surface area contributed by atoms with Crippen molar-refractivity contribution in [2.45, 2.75) is 59.4 Å². The summed E-state index contributed by atoms with van der Waals surface area (Å²) < 4.78 is 0. The minimum Gasteiger partial charge on any atom is -0.314 e. The molecule has 0 saturated carbocycles. The predicted octanol–water partition coefficient (Wildman–Crippen LogP) is 3.93. The molecule has 2 heteroatoms. The van der Waals surface area contributed by atoms with Crippen molar-refractivity contribution in [3.8, 4) is 0 Å². The SMILES string of the molecule is CCCC(CCCSCC)CNC(C)C. The molecule has 1 nitrogen and oxygen atoms in total. The molecule has 0 radical (unpaired) electrons. The molecule has 0 fully saturated rings. The molecule has 0 aromatic rings. The normalized spacial score (nSPS) is 13.4. The second-order valence-corrected chi connectivity index (χ2v) is 5.95. The van der Waals surface area contributed by atoms with Crippen LogP contribution in [0.3, 0.4) is 0 Å². The molecule has 15 heavy (non-hydrogen) atoms. The zero-order chi connectivity index (χ0) is 11.5. The largest absolute Gasteiger partial charge is 0.314 e. The van der Waals surface area contributed by atoms with E-state index in [1.165, 1.54) is 43.7 Å². The molecule has 1 N–H and O–H groups in total. The molecule has 0 spiro atoms. The van der Waals surface area contributed by atoms with Crippen LogP contribution in [-0.4, -0.2) is 24.1 Å². The Morgan fingerprint density at radius 1 is 1.13 bits per heavy atom. The number of nitrogens with one attached hydrogen (secondary N) is 1. The molecule has 0 bridgehead atoms. The summed E-state index contributed by atoms with van der Waals surface area (Å²) in [5.74, 6) is 3.51. The number of rotatable bonds is 10. The van der Waals surface area contributed by atoms with E-state index < -0.39 is 0 Å². The van der Waals surface area contributed by atoms with Gasteiger partial charge in [0.05, 0.1) is 0 Å². The van der Waals surface area contributed by atoms with Crippen molar-refractivity contribution < 1.29 is 0 Å². The van der Waals surface area contributed by atoms with Gasteiger partial charge in [0.25, 0.3) is 0 Å². The molecule has 0 aliphatic carbocycles. The lowest BCUT2D eigenvalue weighted by Crippen LogP contribution is -2.29. The van der Waals surface area contributed by atoms with Crippen LogP contribution in [-0.2, 0) is 0 Å². The summed E-state index contributed by atoms with van der Waals surface area (Å²) >= 11 is 2.07. The Bertz CT molecular complexity index is 126. The fourth-order valence-corrected chi connectivity index (χ4v) is 2.44. The lowest BCUT2D eigenvalue weighted by atomic mass is 9.98. The molecule has 0 aromatic carbocycles. The van der Waals surface area contributed by atoms with Crippen LogP contribution >= 0.6 is 11.8 Å². The first-order chi connectivity index (χ1) is 7.20. The lowest BCUT2D eigenvalue weighted by Gasteiger charge is -2.18. The highest BCUT2D eigenvalue weighted by atomic mass is 32.2. The number of hydrogen-bond donors (Lipinski definition) is 1. The minimum atomic E-state index is 0.634. The summed E-state index contributed by atoms with van der Waals surface area (Å²) in [5, 5.41) is 3.56. The van der Waals surface area contributed by atoms with Gasteiger partial charge in [-0.1, -0.05) is 34.1 Å². The van der Waals surface area contributed by atoms with Crippen LogP contribution in [0.2, 0.25) is 0 Å². The van der Waals surface area contributed by atoms with Gasteiger partial charge in [0.15, 0.2) is 0 Å². The summed E-state index contributed by atoms with van der Waals surface area (Å²) in [6.45, 7) is 10.2. The molecule has 0 heterocycles. The maximum atomic E-state index is 3.56. The van der Waals surface area contributed by atoms with Gasteiger partial charge in [-0.05, 0) is 43.2 Å². The molecule has 1 atom stereocenters. The molecule has 0 aromatic heterocycles. The van der Waals surface area contributed by atoms with Gasteiger partial charge in [-0.25, -0.2) is 0 Å². The van der Waals surface area contributed by atoms with E-state index >= 15 is 0 Å². The lowest BCUT2D eigenvalue weighted by molar-refractivity contribution is 0.395. The van der Waals surface area contributed by atoms with Crippen molar-refractivity contribution >= 4 is 11.8 Å². The van der Waals surface area contributed by atoms with Gasteiger partial charge in [0.1, 0.15) is 0 Å². The third-order valence-corrected chi connectivity index (χ3v) is 3.60. The van der Waals surface area contributed by atoms with E-state index in [9.17, 15) is 0 Å². The maximum absolute atomic E-state index is 3.56. The van der Waals surface area contributed by atoms with E-state index in [-0.39, 0.29) is 0 Å². The molecular weight excluding hydrogens is 202 g/mol. The Morgan fingerprint density at radius 2 is 1.87 bits per heavy atom. The van der Waals surface area contributed by atoms with Gasteiger partial charge in [-0.3, -0.25) is 0 Å². The van der Waals surface area contributed by atoms with Gasteiger partial charge in [0, 0.05) is 6.04 Å². The quantitative estimate of drug-likeness (QED) is 0.572. The summed E-state index contributed by atoms with van der Waals surface area (Å²) in [4.78, 5) is 0. The summed E-state index contributed by atoms with van der Waals surface area (Å²) in [7, 11) is 0. The molecule has 0 rings (SSSR count). The van der Waals surface area contributed by atoms with Crippen LogP contribution in [0.4, 0.5) is 0 Å². The Labute approximate surface area is 101 Å². The van der Waals surface area contributed by atoms with Crippen molar-refractivity contribution in [2.75, 3.05) is 18.1 Å². The Morgan fingerprint density at radius 3 is 2.40 bits per heavy atom. The Balaban J connectivity index is 3.53. The first-order valence-corrected chi connectivity index (χ1v) is 7.67. The fourth-order valence-electron chi connectivity index (χ4n) is 1.78. The highest BCUT2D eigenvalue weighted by molar-refractivity contribution is 7.99. The van der Waals surface area contributed by atoms with Gasteiger partial charge in [-0.2, -0.15) is 11.8 Å². The third kappa shape index (κ3) is 10.6. The van der Waals surface area contributed by atoms with E-state index in [1.54, 1.807) is 0 Å². The minimum absolute atomic E-state index is 0.634. The van der Waals surface area contributed by atoms with E-state index in [4.69, 9.17) is 0 Å². The smallest absolute Gasteiger partial charge is 0.00104 e. The summed E-state index contributed by atoms with van der Waals surface area (Å²) in [6, 6.07) is 0.634.